The van der Waals surface area contributed by atoms with E-state index in [1.54, 1.807) is 0 Å². The van der Waals surface area contributed by atoms with Crippen LogP contribution in [-0.2, 0) is 21.1 Å². The van der Waals surface area contributed by atoms with Gasteiger partial charge in [0.15, 0.2) is 0 Å². The second-order valence-electron chi connectivity index (χ2n) is 2.12. The normalized spacial score (nSPS) is 13.1. The zero-order chi connectivity index (χ0) is 4.24. The van der Waals surface area contributed by atoms with Crippen molar-refractivity contribution >= 4 is 0 Å². The van der Waals surface area contributed by atoms with Crippen LogP contribution in [0, 0.1) is 0 Å². The van der Waals surface area contributed by atoms with Crippen LogP contribution < -0.4 is 0 Å². The summed E-state index contributed by atoms with van der Waals surface area (Å²) in [6.07, 6.45) is 9.00. The van der Waals surface area contributed by atoms with E-state index in [-0.39, 0.29) is 44.3 Å². The van der Waals surface area contributed by atoms with Crippen molar-refractivity contribution in [2.24, 2.45) is 0 Å². The first-order valence-electron chi connectivity index (χ1n) is 3.00. The molecule has 0 saturated heterocycles. The van der Waals surface area contributed by atoms with E-state index in [2.05, 4.69) is 0 Å². The summed E-state index contributed by atoms with van der Waals surface area (Å²) in [5.41, 5.74) is 0. The second kappa shape index (κ2) is 22.4. The van der Waals surface area contributed by atoms with Gasteiger partial charge in [-0.05, 0) is 0 Å². The van der Waals surface area contributed by atoms with E-state index >= 15 is 0 Å². The van der Waals surface area contributed by atoms with Gasteiger partial charge in [0.25, 0.3) is 0 Å². The van der Waals surface area contributed by atoms with Gasteiger partial charge in [-0.25, -0.2) is 0 Å². The van der Waals surface area contributed by atoms with Crippen LogP contribution in [0.3, 0.4) is 0 Å². The van der Waals surface area contributed by atoms with E-state index in [0.29, 0.717) is 0 Å². The minimum atomic E-state index is 0. The van der Waals surface area contributed by atoms with Gasteiger partial charge in [0, 0.05) is 0 Å². The van der Waals surface area contributed by atoms with Gasteiger partial charge in [-0.15, -0.1) is 0 Å². The summed E-state index contributed by atoms with van der Waals surface area (Å²) in [6.45, 7) is 0. The molecule has 1 fully saturated rings. The summed E-state index contributed by atoms with van der Waals surface area (Å²) in [5, 5.41) is 0. The van der Waals surface area contributed by atoms with Gasteiger partial charge in [-0.1, -0.05) is 38.5 Å². The Morgan fingerprint density at radius 3 is 0.636 bits per heavy atom. The number of hydrogen-bond donors (Lipinski definition) is 0. The Morgan fingerprint density at radius 1 is 0.455 bits per heavy atom. The molecule has 5 heteroatoms. The predicted octanol–water partition coefficient (Wildman–Crippen LogP) is 2.12. The third kappa shape index (κ3) is 18.0. The summed E-state index contributed by atoms with van der Waals surface area (Å²) in [5.74, 6) is 0. The molecule has 1 aliphatic rings. The molecule has 0 aromatic carbocycles. The van der Waals surface area contributed by atoms with E-state index in [9.17, 15) is 0 Å². The van der Waals surface area contributed by atoms with Gasteiger partial charge < -0.3 is 23.3 Å². The molecule has 0 aromatic rings. The zero-order valence-corrected chi connectivity index (χ0v) is 8.99. The molecule has 0 bridgehead atoms. The van der Waals surface area contributed by atoms with Gasteiger partial charge in [0.2, 0.25) is 0 Å². The first-order valence-corrected chi connectivity index (χ1v) is 3.00. The Bertz CT molecular complexity index is 34.1. The Hall–Kier alpha value is 0.528. The van der Waals surface area contributed by atoms with Crippen LogP contribution in [0.2, 0.25) is 0 Å². The van der Waals surface area contributed by atoms with Crippen molar-refractivity contribution in [3.63, 3.8) is 0 Å². The summed E-state index contributed by atoms with van der Waals surface area (Å²) < 4.78 is 0. The van der Waals surface area contributed by atoms with E-state index in [1.165, 1.54) is 38.5 Å². The van der Waals surface area contributed by atoms with Crippen LogP contribution in [0.4, 0.5) is 0 Å². The second-order valence-corrected chi connectivity index (χ2v) is 2.12. The average Bonchev–Trinajstić information content (AvgIpc) is 1.72. The molecule has 1 rings (SSSR count). The molecule has 0 spiro atoms. The summed E-state index contributed by atoms with van der Waals surface area (Å²) >= 11 is 0. The Morgan fingerprint density at radius 2 is 0.545 bits per heavy atom. The molecule has 0 unspecified atom stereocenters. The van der Waals surface area contributed by atoms with Gasteiger partial charge >= 0.3 is 21.1 Å². The molecular formula is C6H20N2O2Pt. The van der Waals surface area contributed by atoms with Crippen molar-refractivity contribution in [2.75, 3.05) is 0 Å². The monoisotopic (exact) mass is 347 g/mol. The molecule has 0 radical (unpaired) electrons. The van der Waals surface area contributed by atoms with Crippen molar-refractivity contribution in [1.82, 2.24) is 0 Å². The maximum absolute atomic E-state index is 1.50. The summed E-state index contributed by atoms with van der Waals surface area (Å²) in [7, 11) is 0. The van der Waals surface area contributed by atoms with Crippen LogP contribution in [0.1, 0.15) is 38.5 Å². The fourth-order valence-electron chi connectivity index (χ4n) is 1.06. The Labute approximate surface area is 83.2 Å². The minimum Gasteiger partial charge on any atom is -0.693 e. The molecule has 4 nitrogen and oxygen atoms in total. The molecule has 1 saturated carbocycles. The predicted molar refractivity (Wildman–Crippen MR) is 45.5 cm³/mol. The molecule has 8 N–H and O–H groups in total. The average molecular weight is 347 g/mol. The molecule has 1 aliphatic carbocycles. The third-order valence-corrected chi connectivity index (χ3v) is 1.50. The maximum Gasteiger partial charge on any atom is 2.00 e. The van der Waals surface area contributed by atoms with Crippen LogP contribution in [0.25, 0.3) is 12.3 Å². The zero-order valence-electron chi connectivity index (χ0n) is 6.71. The SMILES string of the molecule is C1CCCCC1.O.O.[NH2-].[NH2-].[Pt+2]. The molecule has 0 atom stereocenters. The quantitative estimate of drug-likeness (QED) is 0.635. The first-order chi connectivity index (χ1) is 3.00. The van der Waals surface area contributed by atoms with Crippen LogP contribution >= 0.6 is 0 Å². The van der Waals surface area contributed by atoms with Crippen molar-refractivity contribution in [2.45, 2.75) is 38.5 Å². The summed E-state index contributed by atoms with van der Waals surface area (Å²) in [6, 6.07) is 0. The van der Waals surface area contributed by atoms with Crippen LogP contribution in [0.15, 0.2) is 0 Å². The first kappa shape index (κ1) is 30.0. The standard InChI is InChI=1S/C6H12.2H2N.2H2O.Pt/c1-2-4-6-5-3-1;;;;;/h1-6H2;4*1H2;/q;2*-1;;;+2. The van der Waals surface area contributed by atoms with Crippen molar-refractivity contribution < 1.29 is 32.0 Å². The van der Waals surface area contributed by atoms with E-state index in [0.717, 1.165) is 0 Å². The molecule has 0 aromatic heterocycles. The molecular weight excluding hydrogens is 327 g/mol. The molecule has 0 aliphatic heterocycles. The van der Waals surface area contributed by atoms with Crippen molar-refractivity contribution in [3.8, 4) is 0 Å². The van der Waals surface area contributed by atoms with Gasteiger partial charge in [-0.2, -0.15) is 0 Å². The fourth-order valence-corrected chi connectivity index (χ4v) is 1.06. The minimum absolute atomic E-state index is 0. The molecule has 11 heavy (non-hydrogen) atoms. The molecule has 0 heterocycles. The van der Waals surface area contributed by atoms with Crippen LogP contribution in [0.5, 0.6) is 0 Å². The van der Waals surface area contributed by atoms with E-state index in [4.69, 9.17) is 0 Å². The van der Waals surface area contributed by atoms with E-state index < -0.39 is 0 Å². The number of nitrogens with two attached hydrogens (primary N) is 2. The van der Waals surface area contributed by atoms with Gasteiger partial charge in [0.05, 0.1) is 0 Å². The van der Waals surface area contributed by atoms with Gasteiger partial charge in [0.1, 0.15) is 0 Å². The maximum atomic E-state index is 1.50. The fraction of sp³-hybridized carbons (Fsp3) is 1.00. The Balaban J connectivity index is -0.0000000240. The number of rotatable bonds is 0. The summed E-state index contributed by atoms with van der Waals surface area (Å²) in [4.78, 5) is 0. The number of hydrogen-bond acceptors (Lipinski definition) is 0. The molecule has 76 valence electrons. The third-order valence-electron chi connectivity index (χ3n) is 1.50. The van der Waals surface area contributed by atoms with Crippen LogP contribution in [-0.4, -0.2) is 11.0 Å². The topological polar surface area (TPSA) is 130 Å². The van der Waals surface area contributed by atoms with Gasteiger partial charge in [-0.3, -0.25) is 0 Å². The van der Waals surface area contributed by atoms with Crippen molar-refractivity contribution in [3.05, 3.63) is 12.3 Å². The molecule has 0 amide bonds. The van der Waals surface area contributed by atoms with Crippen molar-refractivity contribution in [1.29, 1.82) is 0 Å². The Kier molecular flexibility index (Phi) is 61.1. The largest absolute Gasteiger partial charge is 2.00 e. The smallest absolute Gasteiger partial charge is 0.693 e. The van der Waals surface area contributed by atoms with E-state index in [1.807, 2.05) is 0 Å².